The minimum Gasteiger partial charge on any atom is -0.465 e. The van der Waals surface area contributed by atoms with Crippen LogP contribution in [-0.4, -0.2) is 22.1 Å². The van der Waals surface area contributed by atoms with Gasteiger partial charge in [-0.3, -0.25) is 4.79 Å². The monoisotopic (exact) mass is 259 g/mol. The van der Waals surface area contributed by atoms with E-state index < -0.39 is 0 Å². The number of nitrogens with zero attached hydrogens (tertiary/aromatic N) is 2. The van der Waals surface area contributed by atoms with Gasteiger partial charge in [-0.05, 0) is 12.5 Å². The molecule has 0 radical (unpaired) electrons. The fraction of sp³-hybridized carbons (Fsp3) is 0.286. The molecule has 5 heteroatoms. The maximum atomic E-state index is 11.4. The van der Waals surface area contributed by atoms with Crippen molar-refractivity contribution in [3.8, 4) is 0 Å². The van der Waals surface area contributed by atoms with E-state index in [2.05, 4.69) is 10.3 Å². The standard InChI is InChI=1S/C14H17N3O2/c1-2-19-13(18)11-17-9-8-15-14(17)16-10-12-6-4-3-5-7-12/h3-9H,2,10-11H2,1H3,(H,15,16). The molecule has 0 unspecified atom stereocenters. The van der Waals surface area contributed by atoms with Crippen LogP contribution in [0.1, 0.15) is 12.5 Å². The summed E-state index contributed by atoms with van der Waals surface area (Å²) in [5.74, 6) is 0.403. The number of esters is 1. The van der Waals surface area contributed by atoms with Crippen LogP contribution in [-0.2, 0) is 22.6 Å². The highest BCUT2D eigenvalue weighted by Gasteiger charge is 2.07. The highest BCUT2D eigenvalue weighted by atomic mass is 16.5. The van der Waals surface area contributed by atoms with Crippen molar-refractivity contribution in [1.82, 2.24) is 9.55 Å². The second kappa shape index (κ2) is 6.58. The summed E-state index contributed by atoms with van der Waals surface area (Å²) in [5, 5.41) is 3.20. The Morgan fingerprint density at radius 2 is 2.16 bits per heavy atom. The minimum atomic E-state index is -0.261. The van der Waals surface area contributed by atoms with Gasteiger partial charge in [0.25, 0.3) is 0 Å². The van der Waals surface area contributed by atoms with Gasteiger partial charge >= 0.3 is 5.97 Å². The average Bonchev–Trinajstić information content (AvgIpc) is 2.85. The maximum absolute atomic E-state index is 11.4. The Hall–Kier alpha value is -2.30. The quantitative estimate of drug-likeness (QED) is 0.807. The molecule has 19 heavy (non-hydrogen) atoms. The number of ether oxygens (including phenoxy) is 1. The molecule has 0 atom stereocenters. The molecule has 5 nitrogen and oxygen atoms in total. The van der Waals surface area contributed by atoms with Crippen molar-refractivity contribution < 1.29 is 9.53 Å². The smallest absolute Gasteiger partial charge is 0.326 e. The van der Waals surface area contributed by atoms with Crippen molar-refractivity contribution in [3.63, 3.8) is 0 Å². The van der Waals surface area contributed by atoms with Gasteiger partial charge in [0.05, 0.1) is 6.61 Å². The van der Waals surface area contributed by atoms with Gasteiger partial charge in [-0.15, -0.1) is 0 Å². The lowest BCUT2D eigenvalue weighted by atomic mass is 10.2. The van der Waals surface area contributed by atoms with E-state index in [4.69, 9.17) is 4.74 Å². The van der Waals surface area contributed by atoms with Crippen molar-refractivity contribution in [1.29, 1.82) is 0 Å². The molecule has 100 valence electrons. The minimum absolute atomic E-state index is 0.172. The summed E-state index contributed by atoms with van der Waals surface area (Å²) in [6, 6.07) is 10.0. The summed E-state index contributed by atoms with van der Waals surface area (Å²) in [6.45, 7) is 3.02. The summed E-state index contributed by atoms with van der Waals surface area (Å²) in [4.78, 5) is 15.6. The van der Waals surface area contributed by atoms with E-state index >= 15 is 0 Å². The fourth-order valence-electron chi connectivity index (χ4n) is 1.73. The molecule has 1 heterocycles. The number of nitrogens with one attached hydrogen (secondary N) is 1. The van der Waals surface area contributed by atoms with Crippen molar-refractivity contribution in [2.45, 2.75) is 20.0 Å². The molecule has 1 aromatic heterocycles. The van der Waals surface area contributed by atoms with Crippen LogP contribution in [0, 0.1) is 0 Å². The molecule has 0 saturated heterocycles. The summed E-state index contributed by atoms with van der Waals surface area (Å²) in [6.07, 6.45) is 3.41. The Kier molecular flexibility index (Phi) is 4.55. The van der Waals surface area contributed by atoms with Crippen LogP contribution >= 0.6 is 0 Å². The molecular weight excluding hydrogens is 242 g/mol. The van der Waals surface area contributed by atoms with Gasteiger partial charge in [0.15, 0.2) is 0 Å². The van der Waals surface area contributed by atoms with Crippen LogP contribution in [0.15, 0.2) is 42.7 Å². The molecule has 0 saturated carbocycles. The summed E-state index contributed by atoms with van der Waals surface area (Å²) < 4.78 is 6.65. The number of benzene rings is 1. The molecule has 0 amide bonds. The van der Waals surface area contributed by atoms with E-state index in [1.54, 1.807) is 23.9 Å². The SMILES string of the molecule is CCOC(=O)Cn1ccnc1NCc1ccccc1. The highest BCUT2D eigenvalue weighted by molar-refractivity contribution is 5.69. The third kappa shape index (κ3) is 3.84. The van der Waals surface area contributed by atoms with Gasteiger partial charge in [0.1, 0.15) is 6.54 Å². The number of carbonyl (C=O) groups is 1. The Labute approximate surface area is 112 Å². The zero-order chi connectivity index (χ0) is 13.5. The lowest BCUT2D eigenvalue weighted by molar-refractivity contribution is -0.143. The van der Waals surface area contributed by atoms with Crippen LogP contribution in [0.4, 0.5) is 5.95 Å². The molecule has 2 aromatic rings. The molecular formula is C14H17N3O2. The van der Waals surface area contributed by atoms with Crippen LogP contribution in [0.25, 0.3) is 0 Å². The molecule has 0 aliphatic carbocycles. The Bertz CT molecular complexity index is 522. The van der Waals surface area contributed by atoms with E-state index in [0.29, 0.717) is 19.1 Å². The van der Waals surface area contributed by atoms with Gasteiger partial charge in [-0.25, -0.2) is 4.98 Å². The third-order valence-corrected chi connectivity index (χ3v) is 2.61. The molecule has 1 N–H and O–H groups in total. The van der Waals surface area contributed by atoms with Gasteiger partial charge < -0.3 is 14.6 Å². The van der Waals surface area contributed by atoms with Crippen molar-refractivity contribution in [2.75, 3.05) is 11.9 Å². The van der Waals surface area contributed by atoms with Crippen molar-refractivity contribution >= 4 is 11.9 Å². The van der Waals surface area contributed by atoms with Crippen molar-refractivity contribution in [3.05, 3.63) is 48.3 Å². The predicted molar refractivity (Wildman–Crippen MR) is 72.6 cm³/mol. The molecule has 1 aromatic carbocycles. The second-order valence-corrected chi connectivity index (χ2v) is 4.02. The maximum Gasteiger partial charge on any atom is 0.326 e. The molecule has 0 spiro atoms. The number of carbonyl (C=O) groups excluding carboxylic acids is 1. The summed E-state index contributed by atoms with van der Waals surface area (Å²) in [7, 11) is 0. The number of anilines is 1. The summed E-state index contributed by atoms with van der Waals surface area (Å²) in [5.41, 5.74) is 1.16. The van der Waals surface area contributed by atoms with E-state index in [1.807, 2.05) is 30.3 Å². The van der Waals surface area contributed by atoms with Gasteiger partial charge in [-0.1, -0.05) is 30.3 Å². The first-order valence-electron chi connectivity index (χ1n) is 6.24. The van der Waals surface area contributed by atoms with Gasteiger partial charge in [-0.2, -0.15) is 0 Å². The Morgan fingerprint density at radius 3 is 2.89 bits per heavy atom. The zero-order valence-electron chi connectivity index (χ0n) is 10.9. The van der Waals surface area contributed by atoms with E-state index in [-0.39, 0.29) is 12.5 Å². The Morgan fingerprint density at radius 1 is 1.37 bits per heavy atom. The first-order chi connectivity index (χ1) is 9.29. The summed E-state index contributed by atoms with van der Waals surface area (Å²) >= 11 is 0. The van der Waals surface area contributed by atoms with E-state index in [9.17, 15) is 4.79 Å². The lowest BCUT2D eigenvalue weighted by Gasteiger charge is -2.09. The number of hydrogen-bond acceptors (Lipinski definition) is 4. The topological polar surface area (TPSA) is 56.2 Å². The largest absolute Gasteiger partial charge is 0.465 e. The number of imidazole rings is 1. The molecule has 0 bridgehead atoms. The number of aromatic nitrogens is 2. The molecule has 0 fully saturated rings. The first kappa shape index (κ1) is 13.1. The normalized spacial score (nSPS) is 10.2. The molecule has 2 rings (SSSR count). The van der Waals surface area contributed by atoms with Gasteiger partial charge in [0, 0.05) is 18.9 Å². The van der Waals surface area contributed by atoms with E-state index in [1.165, 1.54) is 0 Å². The van der Waals surface area contributed by atoms with E-state index in [0.717, 1.165) is 5.56 Å². The number of hydrogen-bond donors (Lipinski definition) is 1. The zero-order valence-corrected chi connectivity index (χ0v) is 10.9. The fourth-order valence-corrected chi connectivity index (χ4v) is 1.73. The van der Waals surface area contributed by atoms with Crippen LogP contribution in [0.2, 0.25) is 0 Å². The van der Waals surface area contributed by atoms with Crippen LogP contribution in [0.5, 0.6) is 0 Å². The second-order valence-electron chi connectivity index (χ2n) is 4.02. The van der Waals surface area contributed by atoms with Gasteiger partial charge in [0.2, 0.25) is 5.95 Å². The Balaban J connectivity index is 1.94. The molecule has 0 aliphatic rings. The number of rotatable bonds is 6. The van der Waals surface area contributed by atoms with Crippen molar-refractivity contribution in [2.24, 2.45) is 0 Å². The third-order valence-electron chi connectivity index (χ3n) is 2.61. The van der Waals surface area contributed by atoms with Crippen LogP contribution in [0.3, 0.4) is 0 Å². The average molecular weight is 259 g/mol. The lowest BCUT2D eigenvalue weighted by Crippen LogP contribution is -2.15. The predicted octanol–water partition coefficient (Wildman–Crippen LogP) is 2.06. The van der Waals surface area contributed by atoms with Crippen LogP contribution < -0.4 is 5.32 Å². The highest BCUT2D eigenvalue weighted by Crippen LogP contribution is 2.07. The molecule has 0 aliphatic heterocycles. The first-order valence-corrected chi connectivity index (χ1v) is 6.24.